The van der Waals surface area contributed by atoms with Crippen molar-refractivity contribution in [3.05, 3.63) is 78.4 Å². The Bertz CT molecular complexity index is 1110. The van der Waals surface area contributed by atoms with E-state index in [0.717, 1.165) is 16.7 Å². The molecular formula is C25H26F2N2O5. The lowest BCUT2D eigenvalue weighted by Gasteiger charge is -2.17. The largest absolute Gasteiger partial charge is 0.485 e. The number of imidazole rings is 1. The van der Waals surface area contributed by atoms with E-state index in [-0.39, 0.29) is 19.3 Å². The number of alkyl halides is 2. The van der Waals surface area contributed by atoms with Gasteiger partial charge in [-0.05, 0) is 35.7 Å². The summed E-state index contributed by atoms with van der Waals surface area (Å²) >= 11 is 0. The van der Waals surface area contributed by atoms with Gasteiger partial charge in [-0.3, -0.25) is 0 Å². The van der Waals surface area contributed by atoms with E-state index in [1.54, 1.807) is 48.1 Å². The first-order valence-corrected chi connectivity index (χ1v) is 10.9. The van der Waals surface area contributed by atoms with Gasteiger partial charge in [0.25, 0.3) is 0 Å². The maximum atomic E-state index is 13.3. The number of rotatable bonds is 8. The van der Waals surface area contributed by atoms with Crippen LogP contribution in [0.25, 0.3) is 17.2 Å². The third kappa shape index (κ3) is 5.18. The van der Waals surface area contributed by atoms with E-state index in [9.17, 15) is 24.1 Å². The minimum absolute atomic E-state index is 0.138. The molecule has 2 heterocycles. The zero-order valence-electron chi connectivity index (χ0n) is 18.5. The van der Waals surface area contributed by atoms with Crippen LogP contribution in [-0.2, 0) is 4.74 Å². The van der Waals surface area contributed by atoms with Crippen LogP contribution >= 0.6 is 0 Å². The number of nitrogens with zero attached hydrogens (tertiary/aromatic N) is 2. The van der Waals surface area contributed by atoms with Crippen LogP contribution in [0.2, 0.25) is 0 Å². The maximum Gasteiger partial charge on any atom is 0.385 e. The molecule has 3 N–H and O–H groups in total. The lowest BCUT2D eigenvalue weighted by atomic mass is 10.0. The van der Waals surface area contributed by atoms with Gasteiger partial charge >= 0.3 is 6.11 Å². The second kappa shape index (κ2) is 10.0. The van der Waals surface area contributed by atoms with Gasteiger partial charge in [0.15, 0.2) is 12.2 Å². The Balaban J connectivity index is 1.41. The van der Waals surface area contributed by atoms with Crippen molar-refractivity contribution >= 4 is 6.08 Å². The van der Waals surface area contributed by atoms with Gasteiger partial charge in [-0.15, -0.1) is 0 Å². The van der Waals surface area contributed by atoms with E-state index >= 15 is 0 Å². The Morgan fingerprint density at radius 1 is 1.18 bits per heavy atom. The molecule has 4 rings (SSSR count). The molecule has 1 aliphatic rings. The molecule has 3 aromatic rings. The summed E-state index contributed by atoms with van der Waals surface area (Å²) in [6.07, 6.45) is -0.447. The van der Waals surface area contributed by atoms with Gasteiger partial charge in [0.2, 0.25) is 0 Å². The Morgan fingerprint density at radius 3 is 2.38 bits per heavy atom. The highest BCUT2D eigenvalue weighted by Crippen LogP contribution is 2.32. The smallest absolute Gasteiger partial charge is 0.385 e. The molecule has 4 atom stereocenters. The van der Waals surface area contributed by atoms with Gasteiger partial charge in [-0.2, -0.15) is 8.78 Å². The number of aromatic nitrogens is 2. The Kier molecular flexibility index (Phi) is 7.08. The molecule has 1 aromatic heterocycles. The maximum absolute atomic E-state index is 13.3. The summed E-state index contributed by atoms with van der Waals surface area (Å²) in [6.45, 7) is 1.10. The normalized spacial score (nSPS) is 21.6. The fourth-order valence-corrected chi connectivity index (χ4v) is 3.76. The number of hydrogen-bond acceptors (Lipinski definition) is 6. The first kappa shape index (κ1) is 24.0. The van der Waals surface area contributed by atoms with Crippen LogP contribution in [0.15, 0.2) is 67.0 Å². The zero-order chi connectivity index (χ0) is 24.3. The predicted octanol–water partition coefficient (Wildman–Crippen LogP) is 3.58. The third-order valence-electron chi connectivity index (χ3n) is 5.65. The number of aliphatic hydroxyl groups is 3. The molecule has 0 bridgehead atoms. The van der Waals surface area contributed by atoms with E-state index in [0.29, 0.717) is 11.6 Å². The molecule has 1 fully saturated rings. The second-order valence-electron chi connectivity index (χ2n) is 8.10. The van der Waals surface area contributed by atoms with Gasteiger partial charge in [0.05, 0.1) is 19.3 Å². The molecule has 0 radical (unpaired) electrons. The molecule has 7 nitrogen and oxygen atoms in total. The fourth-order valence-electron chi connectivity index (χ4n) is 3.76. The highest BCUT2D eigenvalue weighted by molar-refractivity contribution is 5.66. The molecule has 34 heavy (non-hydrogen) atoms. The minimum Gasteiger partial charge on any atom is -0.485 e. The summed E-state index contributed by atoms with van der Waals surface area (Å²) in [6, 6.07) is 14.3. The quantitative estimate of drug-likeness (QED) is 0.464. The van der Waals surface area contributed by atoms with Crippen molar-refractivity contribution in [3.8, 4) is 16.9 Å². The van der Waals surface area contributed by atoms with Gasteiger partial charge < -0.3 is 29.4 Å². The molecule has 1 aliphatic heterocycles. The summed E-state index contributed by atoms with van der Waals surface area (Å²) in [5, 5.41) is 29.2. The monoisotopic (exact) mass is 472 g/mol. The topological polar surface area (TPSA) is 97.0 Å². The molecule has 9 heteroatoms. The zero-order valence-corrected chi connectivity index (χ0v) is 18.5. The first-order chi connectivity index (χ1) is 16.3. The molecule has 180 valence electrons. The molecule has 0 saturated carbocycles. The Morgan fingerprint density at radius 2 is 1.82 bits per heavy atom. The standard InChI is InChI=1S/C25H26F2N2O5/c1-16(31)24-28-12-13-29(24)20(14-30)9-4-17-2-5-18(6-3-17)19-7-10-21(11-8-19)34-22-15-33-25(26,27)23(22)32/h2-13,16,20,22-23,30-32H,14-15H2,1H3/b9-4+. The lowest BCUT2D eigenvalue weighted by molar-refractivity contribution is -0.248. The molecule has 2 aromatic carbocycles. The van der Waals surface area contributed by atoms with Crippen molar-refractivity contribution in [2.24, 2.45) is 0 Å². The second-order valence-corrected chi connectivity index (χ2v) is 8.10. The summed E-state index contributed by atoms with van der Waals surface area (Å²) in [5.74, 6) is 0.843. The van der Waals surface area contributed by atoms with Crippen LogP contribution in [0.4, 0.5) is 8.78 Å². The van der Waals surface area contributed by atoms with E-state index < -0.39 is 24.4 Å². The van der Waals surface area contributed by atoms with Gasteiger partial charge in [-0.1, -0.05) is 48.6 Å². The number of ether oxygens (including phenoxy) is 2. The summed E-state index contributed by atoms with van der Waals surface area (Å²) < 4.78 is 38.0. The van der Waals surface area contributed by atoms with Crippen molar-refractivity contribution in [2.45, 2.75) is 37.4 Å². The molecule has 0 amide bonds. The van der Waals surface area contributed by atoms with Gasteiger partial charge in [0.1, 0.15) is 17.7 Å². The number of aliphatic hydroxyl groups excluding tert-OH is 3. The van der Waals surface area contributed by atoms with Gasteiger partial charge in [-0.25, -0.2) is 4.98 Å². The van der Waals surface area contributed by atoms with Gasteiger partial charge in [0, 0.05) is 12.4 Å². The summed E-state index contributed by atoms with van der Waals surface area (Å²) in [7, 11) is 0. The number of halogens is 2. The molecule has 0 spiro atoms. The highest BCUT2D eigenvalue weighted by atomic mass is 19.3. The van der Waals surface area contributed by atoms with Crippen molar-refractivity contribution in [3.63, 3.8) is 0 Å². The SMILES string of the molecule is CC(O)c1nccn1C(/C=C/c1ccc(-c2ccc(OC3COC(F)(F)C3O)cc2)cc1)CO. The minimum atomic E-state index is -3.60. The third-order valence-corrected chi connectivity index (χ3v) is 5.65. The first-order valence-electron chi connectivity index (χ1n) is 10.9. The summed E-state index contributed by atoms with van der Waals surface area (Å²) in [5.41, 5.74) is 2.78. The molecular weight excluding hydrogens is 446 g/mol. The van der Waals surface area contributed by atoms with E-state index in [2.05, 4.69) is 9.72 Å². The lowest BCUT2D eigenvalue weighted by Crippen LogP contribution is -2.38. The summed E-state index contributed by atoms with van der Waals surface area (Å²) in [4.78, 5) is 4.14. The average molecular weight is 472 g/mol. The van der Waals surface area contributed by atoms with Crippen LogP contribution < -0.4 is 4.74 Å². The van der Waals surface area contributed by atoms with E-state index in [1.165, 1.54) is 0 Å². The average Bonchev–Trinajstić information content (AvgIpc) is 3.41. The van der Waals surface area contributed by atoms with Crippen LogP contribution in [0.3, 0.4) is 0 Å². The van der Waals surface area contributed by atoms with E-state index in [4.69, 9.17) is 4.74 Å². The number of hydrogen-bond donors (Lipinski definition) is 3. The van der Waals surface area contributed by atoms with Crippen LogP contribution in [0.1, 0.15) is 30.5 Å². The molecule has 4 unspecified atom stereocenters. The fraction of sp³-hybridized carbons (Fsp3) is 0.320. The Hall–Kier alpha value is -3.11. The van der Waals surface area contributed by atoms with Crippen molar-refractivity contribution in [1.29, 1.82) is 0 Å². The highest BCUT2D eigenvalue weighted by Gasteiger charge is 2.52. The van der Waals surface area contributed by atoms with Crippen molar-refractivity contribution in [1.82, 2.24) is 9.55 Å². The molecule has 0 aliphatic carbocycles. The number of benzene rings is 2. The van der Waals surface area contributed by atoms with Crippen molar-refractivity contribution in [2.75, 3.05) is 13.2 Å². The predicted molar refractivity (Wildman–Crippen MR) is 121 cm³/mol. The van der Waals surface area contributed by atoms with E-state index in [1.807, 2.05) is 36.4 Å². The molecule has 1 saturated heterocycles. The van der Waals surface area contributed by atoms with Crippen LogP contribution in [0, 0.1) is 0 Å². The van der Waals surface area contributed by atoms with Crippen LogP contribution in [-0.4, -0.2) is 56.4 Å². The van der Waals surface area contributed by atoms with Crippen LogP contribution in [0.5, 0.6) is 5.75 Å². The van der Waals surface area contributed by atoms with Crippen molar-refractivity contribution < 1.29 is 33.6 Å². The Labute approximate surface area is 195 Å².